The predicted octanol–water partition coefficient (Wildman–Crippen LogP) is 0.685. The molecule has 1 aliphatic carbocycles. The Hall–Kier alpha value is -1.37. The van der Waals surface area contributed by atoms with Gasteiger partial charge in [-0.1, -0.05) is 0 Å². The van der Waals surface area contributed by atoms with E-state index in [0.29, 0.717) is 13.0 Å². The Morgan fingerprint density at radius 1 is 1.29 bits per heavy atom. The van der Waals surface area contributed by atoms with Crippen molar-refractivity contribution in [3.05, 3.63) is 0 Å². The summed E-state index contributed by atoms with van der Waals surface area (Å²) in [5.41, 5.74) is 0. The number of rotatable bonds is 4. The molecule has 2 atom stereocenters. The highest BCUT2D eigenvalue weighted by atomic mass is 16.2. The van der Waals surface area contributed by atoms with E-state index in [-0.39, 0.29) is 23.7 Å². The van der Waals surface area contributed by atoms with Crippen molar-refractivity contribution in [1.29, 1.82) is 5.26 Å². The minimum atomic E-state index is 0.0111. The number of hydrogen-bond donors (Lipinski definition) is 0. The van der Waals surface area contributed by atoms with Crippen LogP contribution in [0, 0.1) is 23.2 Å². The van der Waals surface area contributed by atoms with Gasteiger partial charge < -0.3 is 0 Å². The summed E-state index contributed by atoms with van der Waals surface area (Å²) in [7, 11) is 0. The summed E-state index contributed by atoms with van der Waals surface area (Å²) in [5.74, 6) is 0.0471. The van der Waals surface area contributed by atoms with Crippen molar-refractivity contribution in [3.8, 4) is 6.07 Å². The molecule has 1 saturated heterocycles. The molecule has 14 heavy (non-hydrogen) atoms. The van der Waals surface area contributed by atoms with Gasteiger partial charge in [0.25, 0.3) is 0 Å². The topological polar surface area (TPSA) is 61.2 Å². The molecule has 0 aromatic carbocycles. The molecule has 0 spiro atoms. The molecule has 2 fully saturated rings. The Bertz CT molecular complexity index is 299. The molecule has 1 heterocycles. The SMILES string of the molecule is N#CCCCCN1C(=O)C2CC2C1=O. The van der Waals surface area contributed by atoms with E-state index in [1.807, 2.05) is 6.07 Å². The number of hydrogen-bond acceptors (Lipinski definition) is 3. The molecular weight excluding hydrogens is 180 g/mol. The second-order valence-corrected chi connectivity index (χ2v) is 3.89. The average Bonchev–Trinajstić information content (AvgIpc) is 2.91. The molecular formula is C10H12N2O2. The summed E-state index contributed by atoms with van der Waals surface area (Å²) in [5, 5.41) is 8.31. The summed E-state index contributed by atoms with van der Waals surface area (Å²) in [4.78, 5) is 24.3. The second kappa shape index (κ2) is 3.41. The van der Waals surface area contributed by atoms with E-state index < -0.39 is 0 Å². The van der Waals surface area contributed by atoms with Crippen molar-refractivity contribution < 1.29 is 9.59 Å². The number of piperidine rings is 1. The number of unbranched alkanes of at least 4 members (excludes halogenated alkanes) is 2. The number of imide groups is 1. The monoisotopic (exact) mass is 192 g/mol. The molecule has 2 unspecified atom stereocenters. The van der Waals surface area contributed by atoms with Gasteiger partial charge in [-0.2, -0.15) is 5.26 Å². The van der Waals surface area contributed by atoms with Gasteiger partial charge in [-0.3, -0.25) is 14.5 Å². The van der Waals surface area contributed by atoms with Crippen LogP contribution in [0.3, 0.4) is 0 Å². The van der Waals surface area contributed by atoms with Crippen molar-refractivity contribution in [3.63, 3.8) is 0 Å². The van der Waals surface area contributed by atoms with Crippen molar-refractivity contribution in [2.45, 2.75) is 25.7 Å². The lowest BCUT2D eigenvalue weighted by molar-refractivity contribution is -0.141. The van der Waals surface area contributed by atoms with Gasteiger partial charge in [0.15, 0.2) is 0 Å². The Morgan fingerprint density at radius 3 is 2.50 bits per heavy atom. The first kappa shape index (κ1) is 9.20. The average molecular weight is 192 g/mol. The summed E-state index contributed by atoms with van der Waals surface area (Å²) in [6.45, 7) is 0.506. The molecule has 0 N–H and O–H groups in total. The summed E-state index contributed by atoms with van der Waals surface area (Å²) in [6.07, 6.45) is 2.79. The standard InChI is InChI=1S/C10H12N2O2/c11-4-2-1-3-5-12-9(13)7-6-8(7)10(12)14/h7-8H,1-3,5-6H2. The smallest absolute Gasteiger partial charge is 0.233 e. The largest absolute Gasteiger partial charge is 0.282 e. The number of nitrogens with zero attached hydrogens (tertiary/aromatic N) is 2. The third-order valence-corrected chi connectivity index (χ3v) is 2.88. The minimum absolute atomic E-state index is 0.0111. The van der Waals surface area contributed by atoms with Gasteiger partial charge in [-0.25, -0.2) is 0 Å². The Balaban J connectivity index is 1.79. The van der Waals surface area contributed by atoms with E-state index in [0.717, 1.165) is 19.3 Å². The zero-order chi connectivity index (χ0) is 10.1. The fraction of sp³-hybridized carbons (Fsp3) is 0.700. The second-order valence-electron chi connectivity index (χ2n) is 3.89. The molecule has 1 aliphatic heterocycles. The first-order valence-electron chi connectivity index (χ1n) is 4.98. The van der Waals surface area contributed by atoms with Gasteiger partial charge in [0.1, 0.15) is 0 Å². The first-order valence-corrected chi connectivity index (χ1v) is 4.98. The summed E-state index contributed by atoms with van der Waals surface area (Å²) >= 11 is 0. The molecule has 2 rings (SSSR count). The highest BCUT2D eigenvalue weighted by Gasteiger charge is 2.58. The Kier molecular flexibility index (Phi) is 2.24. The van der Waals surface area contributed by atoms with E-state index in [1.165, 1.54) is 4.90 Å². The molecule has 0 aromatic heterocycles. The number of nitriles is 1. The van der Waals surface area contributed by atoms with E-state index in [1.54, 1.807) is 0 Å². The molecule has 2 aliphatic rings. The molecule has 4 heteroatoms. The minimum Gasteiger partial charge on any atom is -0.282 e. The van der Waals surface area contributed by atoms with Crippen LogP contribution in [-0.4, -0.2) is 23.3 Å². The zero-order valence-electron chi connectivity index (χ0n) is 7.90. The maximum absolute atomic E-state index is 11.5. The van der Waals surface area contributed by atoms with Crippen molar-refractivity contribution in [2.24, 2.45) is 11.8 Å². The Morgan fingerprint density at radius 2 is 1.93 bits per heavy atom. The Labute approximate surface area is 82.5 Å². The third kappa shape index (κ3) is 1.39. The molecule has 1 saturated carbocycles. The first-order chi connectivity index (χ1) is 6.75. The highest BCUT2D eigenvalue weighted by Crippen LogP contribution is 2.46. The quantitative estimate of drug-likeness (QED) is 0.486. The maximum Gasteiger partial charge on any atom is 0.233 e. The van der Waals surface area contributed by atoms with Crippen LogP contribution < -0.4 is 0 Å². The van der Waals surface area contributed by atoms with Crippen LogP contribution in [0.2, 0.25) is 0 Å². The van der Waals surface area contributed by atoms with Crippen LogP contribution in [-0.2, 0) is 9.59 Å². The molecule has 2 amide bonds. The fourth-order valence-corrected chi connectivity index (χ4v) is 1.94. The third-order valence-electron chi connectivity index (χ3n) is 2.88. The number of carbonyl (C=O) groups excluding carboxylic acids is 2. The van der Waals surface area contributed by atoms with E-state index >= 15 is 0 Å². The van der Waals surface area contributed by atoms with Crippen LogP contribution in [0.5, 0.6) is 0 Å². The lowest BCUT2D eigenvalue weighted by Gasteiger charge is -2.15. The van der Waals surface area contributed by atoms with E-state index in [9.17, 15) is 9.59 Å². The van der Waals surface area contributed by atoms with Crippen molar-refractivity contribution in [2.75, 3.05) is 6.54 Å². The van der Waals surface area contributed by atoms with Crippen LogP contribution in [0.1, 0.15) is 25.7 Å². The van der Waals surface area contributed by atoms with Gasteiger partial charge in [0, 0.05) is 13.0 Å². The molecule has 4 nitrogen and oxygen atoms in total. The fourth-order valence-electron chi connectivity index (χ4n) is 1.94. The maximum atomic E-state index is 11.5. The molecule has 0 radical (unpaired) electrons. The van der Waals surface area contributed by atoms with Crippen LogP contribution in [0.4, 0.5) is 0 Å². The van der Waals surface area contributed by atoms with Crippen LogP contribution in [0.25, 0.3) is 0 Å². The van der Waals surface area contributed by atoms with Gasteiger partial charge in [0.2, 0.25) is 11.8 Å². The molecule has 74 valence electrons. The number of likely N-dealkylation sites (tertiary alicyclic amines) is 1. The van der Waals surface area contributed by atoms with Crippen molar-refractivity contribution in [1.82, 2.24) is 4.90 Å². The van der Waals surface area contributed by atoms with E-state index in [2.05, 4.69) is 0 Å². The van der Waals surface area contributed by atoms with Crippen molar-refractivity contribution >= 4 is 11.8 Å². The number of carbonyl (C=O) groups is 2. The number of amides is 2. The van der Waals surface area contributed by atoms with Gasteiger partial charge in [-0.05, 0) is 19.3 Å². The summed E-state index contributed by atoms with van der Waals surface area (Å²) < 4.78 is 0. The van der Waals surface area contributed by atoms with Crippen LogP contribution >= 0.6 is 0 Å². The van der Waals surface area contributed by atoms with E-state index in [4.69, 9.17) is 5.26 Å². The normalized spacial score (nSPS) is 28.9. The zero-order valence-corrected chi connectivity index (χ0v) is 7.90. The van der Waals surface area contributed by atoms with Crippen LogP contribution in [0.15, 0.2) is 0 Å². The lowest BCUT2D eigenvalue weighted by atomic mass is 10.2. The highest BCUT2D eigenvalue weighted by molar-refractivity contribution is 6.08. The van der Waals surface area contributed by atoms with Gasteiger partial charge in [-0.15, -0.1) is 0 Å². The summed E-state index contributed by atoms with van der Waals surface area (Å²) in [6, 6.07) is 2.04. The molecule has 0 bridgehead atoms. The predicted molar refractivity (Wildman–Crippen MR) is 47.8 cm³/mol. The van der Waals surface area contributed by atoms with Gasteiger partial charge >= 0.3 is 0 Å². The molecule has 0 aromatic rings. The van der Waals surface area contributed by atoms with Gasteiger partial charge in [0.05, 0.1) is 17.9 Å². The number of fused-ring (bicyclic) bond motifs is 1. The lowest BCUT2D eigenvalue weighted by Crippen LogP contribution is -2.33.